The van der Waals surface area contributed by atoms with Crippen LogP contribution in [-0.4, -0.2) is 41.2 Å². The number of likely N-dealkylation sites (N-methyl/N-ethyl adjacent to an activating group) is 1. The molecule has 1 fully saturated rings. The zero-order valence-electron chi connectivity index (χ0n) is 14.0. The van der Waals surface area contributed by atoms with Crippen LogP contribution in [0.3, 0.4) is 0 Å². The van der Waals surface area contributed by atoms with Gasteiger partial charge in [0.15, 0.2) is 0 Å². The van der Waals surface area contributed by atoms with Crippen molar-refractivity contribution in [3.63, 3.8) is 0 Å². The molecule has 0 aliphatic carbocycles. The maximum Gasteiger partial charge on any atom is 0.254 e. The van der Waals surface area contributed by atoms with Crippen LogP contribution in [0, 0.1) is 0 Å². The van der Waals surface area contributed by atoms with Crippen molar-refractivity contribution < 1.29 is 9.59 Å². The molecule has 1 aliphatic rings. The minimum Gasteiger partial charge on any atom is -0.339 e. The van der Waals surface area contributed by atoms with Crippen molar-refractivity contribution in [3.8, 4) is 0 Å². The zero-order valence-corrected chi connectivity index (χ0v) is 18.0. The molecule has 0 N–H and O–H groups in total. The average molecular weight is 476 g/mol. The van der Waals surface area contributed by atoms with Crippen LogP contribution in [-0.2, 0) is 11.3 Å². The van der Waals surface area contributed by atoms with Crippen molar-refractivity contribution in [2.45, 2.75) is 25.4 Å². The molecule has 4 nitrogen and oxygen atoms in total. The molecule has 3 rings (SSSR count). The average Bonchev–Trinajstić information content (AvgIpc) is 3.25. The van der Waals surface area contributed by atoms with Crippen molar-refractivity contribution in [1.29, 1.82) is 0 Å². The Morgan fingerprint density at radius 2 is 2.04 bits per heavy atom. The molecule has 0 saturated carbocycles. The number of rotatable bonds is 4. The fourth-order valence-electron chi connectivity index (χ4n) is 3.06. The van der Waals surface area contributed by atoms with Crippen LogP contribution in [0.15, 0.2) is 34.1 Å². The fourth-order valence-corrected chi connectivity index (χ4v) is 4.90. The molecule has 2 heterocycles. The van der Waals surface area contributed by atoms with Gasteiger partial charge in [-0.3, -0.25) is 9.59 Å². The predicted octanol–water partition coefficient (Wildman–Crippen LogP) is 5.08. The predicted molar refractivity (Wildman–Crippen MR) is 109 cm³/mol. The van der Waals surface area contributed by atoms with E-state index in [1.807, 2.05) is 12.1 Å². The number of hydrogen-bond donors (Lipinski definition) is 0. The van der Waals surface area contributed by atoms with Gasteiger partial charge in [-0.15, -0.1) is 11.3 Å². The molecule has 1 aromatic carbocycles. The van der Waals surface area contributed by atoms with E-state index in [0.29, 0.717) is 35.1 Å². The van der Waals surface area contributed by atoms with Crippen molar-refractivity contribution in [2.24, 2.45) is 0 Å². The third kappa shape index (κ3) is 4.25. The molecule has 0 bridgehead atoms. The maximum absolute atomic E-state index is 12.9. The Kier molecular flexibility index (Phi) is 6.28. The number of nitrogens with zero attached hydrogens (tertiary/aromatic N) is 2. The summed E-state index contributed by atoms with van der Waals surface area (Å²) >= 11 is 17.0. The van der Waals surface area contributed by atoms with Crippen LogP contribution in [0.1, 0.15) is 28.1 Å². The van der Waals surface area contributed by atoms with Gasteiger partial charge in [0.25, 0.3) is 5.91 Å². The number of thiophene rings is 1. The minimum atomic E-state index is -0.439. The van der Waals surface area contributed by atoms with Crippen LogP contribution in [0.4, 0.5) is 0 Å². The first-order chi connectivity index (χ1) is 12.4. The van der Waals surface area contributed by atoms with E-state index in [2.05, 4.69) is 15.9 Å². The number of halogens is 3. The van der Waals surface area contributed by atoms with Crippen molar-refractivity contribution in [2.75, 3.05) is 13.6 Å². The highest BCUT2D eigenvalue weighted by atomic mass is 79.9. The van der Waals surface area contributed by atoms with Gasteiger partial charge in [0.05, 0.1) is 20.4 Å². The van der Waals surface area contributed by atoms with E-state index in [1.165, 1.54) is 0 Å². The van der Waals surface area contributed by atoms with Crippen LogP contribution in [0.5, 0.6) is 0 Å². The highest BCUT2D eigenvalue weighted by Gasteiger charge is 2.36. The lowest BCUT2D eigenvalue weighted by Crippen LogP contribution is -2.46. The lowest BCUT2D eigenvalue weighted by atomic mass is 10.1. The minimum absolute atomic E-state index is 0.0413. The highest BCUT2D eigenvalue weighted by Crippen LogP contribution is 2.27. The second kappa shape index (κ2) is 8.30. The van der Waals surface area contributed by atoms with Crippen LogP contribution >= 0.6 is 50.5 Å². The van der Waals surface area contributed by atoms with Gasteiger partial charge < -0.3 is 9.80 Å². The summed E-state index contributed by atoms with van der Waals surface area (Å²) in [5.74, 6) is -0.230. The Bertz CT molecular complexity index is 842. The largest absolute Gasteiger partial charge is 0.339 e. The lowest BCUT2D eigenvalue weighted by molar-refractivity contribution is -0.134. The number of amides is 2. The van der Waals surface area contributed by atoms with Gasteiger partial charge in [0.1, 0.15) is 6.04 Å². The van der Waals surface area contributed by atoms with Gasteiger partial charge in [-0.2, -0.15) is 0 Å². The van der Waals surface area contributed by atoms with Gasteiger partial charge in [-0.1, -0.05) is 23.2 Å². The molecule has 0 radical (unpaired) electrons. The lowest BCUT2D eigenvalue weighted by Gasteiger charge is -2.28. The van der Waals surface area contributed by atoms with E-state index in [-0.39, 0.29) is 11.8 Å². The quantitative estimate of drug-likeness (QED) is 0.618. The zero-order chi connectivity index (χ0) is 18.8. The van der Waals surface area contributed by atoms with Crippen molar-refractivity contribution in [3.05, 3.63) is 54.6 Å². The molecule has 1 aliphatic heterocycles. The summed E-state index contributed by atoms with van der Waals surface area (Å²) < 4.78 is 1.03. The first kappa shape index (κ1) is 19.7. The summed E-state index contributed by atoms with van der Waals surface area (Å²) in [7, 11) is 1.77. The first-order valence-corrected chi connectivity index (χ1v) is 10.5. The monoisotopic (exact) mass is 474 g/mol. The van der Waals surface area contributed by atoms with Gasteiger partial charge in [-0.25, -0.2) is 0 Å². The van der Waals surface area contributed by atoms with Crippen LogP contribution in [0.25, 0.3) is 0 Å². The molecule has 138 valence electrons. The van der Waals surface area contributed by atoms with Crippen LogP contribution in [0.2, 0.25) is 10.0 Å². The molecule has 2 aromatic rings. The molecule has 2 amide bonds. The van der Waals surface area contributed by atoms with Crippen molar-refractivity contribution in [1.82, 2.24) is 9.80 Å². The summed E-state index contributed by atoms with van der Waals surface area (Å²) in [6.07, 6.45) is 1.48. The number of likely N-dealkylation sites (tertiary alicyclic amines) is 1. The van der Waals surface area contributed by atoms with E-state index < -0.39 is 6.04 Å². The number of carbonyl (C=O) groups excluding carboxylic acids is 2. The SMILES string of the molecule is CN(Cc1ccc(Br)s1)C(=O)C1CCCN1C(=O)c1ccc(Cl)c(Cl)c1. The third-order valence-corrected chi connectivity index (χ3v) is 6.71. The van der Waals surface area contributed by atoms with E-state index in [1.54, 1.807) is 46.4 Å². The van der Waals surface area contributed by atoms with E-state index >= 15 is 0 Å². The smallest absolute Gasteiger partial charge is 0.254 e. The highest BCUT2D eigenvalue weighted by molar-refractivity contribution is 9.11. The standard InChI is InChI=1S/C18H17BrCl2N2O2S/c1-22(10-12-5-7-16(19)26-12)18(25)15-3-2-8-23(15)17(24)11-4-6-13(20)14(21)9-11/h4-7,9,15H,2-3,8,10H2,1H3. The second-order valence-electron chi connectivity index (χ2n) is 6.19. The number of benzene rings is 1. The Hall–Kier alpha value is -1.08. The summed E-state index contributed by atoms with van der Waals surface area (Å²) in [4.78, 5) is 30.2. The summed E-state index contributed by atoms with van der Waals surface area (Å²) in [5.41, 5.74) is 0.448. The molecule has 1 saturated heterocycles. The summed E-state index contributed by atoms with van der Waals surface area (Å²) in [6.45, 7) is 1.09. The van der Waals surface area contributed by atoms with Crippen molar-refractivity contribution >= 4 is 62.3 Å². The van der Waals surface area contributed by atoms with E-state index in [0.717, 1.165) is 15.1 Å². The first-order valence-electron chi connectivity index (χ1n) is 8.12. The normalized spacial score (nSPS) is 16.8. The Morgan fingerprint density at radius 1 is 1.27 bits per heavy atom. The Balaban J connectivity index is 1.73. The van der Waals surface area contributed by atoms with Gasteiger partial charge in [0, 0.05) is 24.0 Å². The Labute approximate surface area is 174 Å². The van der Waals surface area contributed by atoms with E-state index in [4.69, 9.17) is 23.2 Å². The van der Waals surface area contributed by atoms with Gasteiger partial charge in [-0.05, 0) is 59.1 Å². The molecular formula is C18H17BrCl2N2O2S. The van der Waals surface area contributed by atoms with Gasteiger partial charge >= 0.3 is 0 Å². The molecule has 1 aromatic heterocycles. The number of hydrogen-bond acceptors (Lipinski definition) is 3. The molecule has 1 atom stereocenters. The summed E-state index contributed by atoms with van der Waals surface area (Å²) in [6, 6.07) is 8.32. The third-order valence-electron chi connectivity index (χ3n) is 4.36. The molecule has 1 unspecified atom stereocenters. The molecule has 0 spiro atoms. The van der Waals surface area contributed by atoms with Crippen LogP contribution < -0.4 is 0 Å². The summed E-state index contributed by atoms with van der Waals surface area (Å²) in [5, 5.41) is 0.735. The maximum atomic E-state index is 12.9. The topological polar surface area (TPSA) is 40.6 Å². The second-order valence-corrected chi connectivity index (χ2v) is 9.55. The Morgan fingerprint density at radius 3 is 2.69 bits per heavy atom. The van der Waals surface area contributed by atoms with E-state index in [9.17, 15) is 9.59 Å². The fraction of sp³-hybridized carbons (Fsp3) is 0.333. The molecular weight excluding hydrogens is 459 g/mol. The molecule has 26 heavy (non-hydrogen) atoms. The number of carbonyl (C=O) groups is 2. The van der Waals surface area contributed by atoms with Gasteiger partial charge in [0.2, 0.25) is 5.91 Å². The molecule has 8 heteroatoms.